The molecular formula is C16H25FN2O3S. The maximum Gasteiger partial charge on any atom is 0.315 e. The van der Waals surface area contributed by atoms with Crippen molar-refractivity contribution in [3.05, 3.63) is 29.6 Å². The first kappa shape index (κ1) is 19.4. The predicted molar refractivity (Wildman–Crippen MR) is 88.5 cm³/mol. The van der Waals surface area contributed by atoms with Crippen molar-refractivity contribution in [2.45, 2.75) is 51.1 Å². The molecule has 3 atom stereocenters. The third-order valence-corrected chi connectivity index (χ3v) is 5.19. The Hall–Kier alpha value is -1.63. The van der Waals surface area contributed by atoms with Gasteiger partial charge in [-0.2, -0.15) is 0 Å². The molecule has 0 saturated heterocycles. The van der Waals surface area contributed by atoms with Crippen molar-refractivity contribution in [3.63, 3.8) is 0 Å². The molecule has 0 saturated carbocycles. The Morgan fingerprint density at radius 2 is 1.83 bits per heavy atom. The fourth-order valence-electron chi connectivity index (χ4n) is 2.11. The Kier molecular flexibility index (Phi) is 6.56. The van der Waals surface area contributed by atoms with Crippen LogP contribution in [0.1, 0.15) is 45.7 Å². The number of carbonyl (C=O) groups is 1. The van der Waals surface area contributed by atoms with Gasteiger partial charge in [0.05, 0.1) is 6.04 Å². The zero-order valence-electron chi connectivity index (χ0n) is 14.2. The van der Waals surface area contributed by atoms with Crippen LogP contribution in [-0.4, -0.2) is 26.7 Å². The van der Waals surface area contributed by atoms with E-state index in [0.29, 0.717) is 11.5 Å². The number of carbonyl (C=O) groups excluding carboxylic acids is 1. The third-order valence-electron chi connectivity index (χ3n) is 4.06. The Bertz CT molecular complexity index is 661. The Balaban J connectivity index is 2.77. The summed E-state index contributed by atoms with van der Waals surface area (Å²) in [5, 5.41) is 5.57. The maximum atomic E-state index is 13.9. The molecule has 23 heavy (non-hydrogen) atoms. The van der Waals surface area contributed by atoms with Gasteiger partial charge in [0.1, 0.15) is 10.7 Å². The van der Waals surface area contributed by atoms with E-state index in [1.54, 1.807) is 6.92 Å². The second-order valence-corrected chi connectivity index (χ2v) is 7.96. The highest BCUT2D eigenvalue weighted by molar-refractivity contribution is 7.90. The second kappa shape index (κ2) is 7.77. The zero-order valence-corrected chi connectivity index (χ0v) is 15.0. The van der Waals surface area contributed by atoms with E-state index in [9.17, 15) is 17.6 Å². The van der Waals surface area contributed by atoms with E-state index in [1.807, 2.05) is 13.8 Å². The van der Waals surface area contributed by atoms with Gasteiger partial charge in [-0.05, 0) is 37.5 Å². The van der Waals surface area contributed by atoms with Gasteiger partial charge in [0.25, 0.3) is 0 Å². The molecule has 1 aromatic carbocycles. The number of hydrogen-bond donors (Lipinski definition) is 2. The molecule has 0 aliphatic carbocycles. The number of benzene rings is 1. The van der Waals surface area contributed by atoms with E-state index in [1.165, 1.54) is 12.1 Å². The molecule has 0 unspecified atom stereocenters. The van der Waals surface area contributed by atoms with Crippen LogP contribution in [0.15, 0.2) is 23.1 Å². The molecule has 2 N–H and O–H groups in total. The molecular weight excluding hydrogens is 319 g/mol. The highest BCUT2D eigenvalue weighted by Gasteiger charge is 2.18. The number of amides is 2. The number of hydrogen-bond acceptors (Lipinski definition) is 3. The Labute approximate surface area is 137 Å². The summed E-state index contributed by atoms with van der Waals surface area (Å²) >= 11 is 0. The molecule has 1 aromatic rings. The summed E-state index contributed by atoms with van der Waals surface area (Å²) in [5.74, 6) is -0.463. The number of halogens is 1. The molecule has 1 rings (SSSR count). The van der Waals surface area contributed by atoms with Crippen LogP contribution >= 0.6 is 0 Å². The van der Waals surface area contributed by atoms with Gasteiger partial charge in [-0.25, -0.2) is 17.6 Å². The van der Waals surface area contributed by atoms with Gasteiger partial charge >= 0.3 is 6.03 Å². The highest BCUT2D eigenvalue weighted by atomic mass is 32.2. The summed E-state index contributed by atoms with van der Waals surface area (Å²) in [5.41, 5.74) is 0.501. The lowest BCUT2D eigenvalue weighted by Crippen LogP contribution is -2.44. The van der Waals surface area contributed by atoms with Crippen LogP contribution in [0.25, 0.3) is 0 Å². The quantitative estimate of drug-likeness (QED) is 0.833. The van der Waals surface area contributed by atoms with Crippen molar-refractivity contribution >= 4 is 15.9 Å². The Morgan fingerprint density at radius 1 is 1.22 bits per heavy atom. The second-order valence-electron chi connectivity index (χ2n) is 5.98. The number of sulfone groups is 1. The van der Waals surface area contributed by atoms with Gasteiger partial charge in [0.15, 0.2) is 9.84 Å². The summed E-state index contributed by atoms with van der Waals surface area (Å²) < 4.78 is 36.7. The number of urea groups is 1. The zero-order chi connectivity index (χ0) is 17.8. The van der Waals surface area contributed by atoms with Crippen LogP contribution < -0.4 is 10.6 Å². The average molecular weight is 344 g/mol. The first-order valence-corrected chi connectivity index (χ1v) is 9.52. The lowest BCUT2D eigenvalue weighted by atomic mass is 10.0. The number of nitrogens with one attached hydrogen (secondary N) is 2. The van der Waals surface area contributed by atoms with Crippen molar-refractivity contribution in [1.82, 2.24) is 10.6 Å². The van der Waals surface area contributed by atoms with E-state index in [-0.39, 0.29) is 17.0 Å². The van der Waals surface area contributed by atoms with E-state index in [0.717, 1.165) is 18.7 Å². The molecule has 5 nitrogen and oxygen atoms in total. The van der Waals surface area contributed by atoms with E-state index in [2.05, 4.69) is 17.6 Å². The standard InChI is InChI=1S/C16H25FN2O3S/c1-6-10(2)11(3)18-16(20)19-12(4)13-7-8-15(14(17)9-13)23(5,21)22/h7-12H,6H2,1-5H3,(H2,18,19,20)/t10-,11+,12+/m0/s1. The van der Waals surface area contributed by atoms with Crippen LogP contribution in [-0.2, 0) is 9.84 Å². The fraction of sp³-hybridized carbons (Fsp3) is 0.562. The molecule has 2 amide bonds. The Morgan fingerprint density at radius 3 is 2.30 bits per heavy atom. The monoisotopic (exact) mass is 344 g/mol. The first-order valence-electron chi connectivity index (χ1n) is 7.62. The minimum absolute atomic E-state index is 0.0246. The molecule has 0 spiro atoms. The lowest BCUT2D eigenvalue weighted by molar-refractivity contribution is 0.230. The largest absolute Gasteiger partial charge is 0.335 e. The molecule has 0 aromatic heterocycles. The van der Waals surface area contributed by atoms with Crippen LogP contribution in [0.2, 0.25) is 0 Å². The van der Waals surface area contributed by atoms with E-state index in [4.69, 9.17) is 0 Å². The van der Waals surface area contributed by atoms with Gasteiger partial charge in [0.2, 0.25) is 0 Å². The number of rotatable bonds is 6. The van der Waals surface area contributed by atoms with Gasteiger partial charge in [-0.1, -0.05) is 26.3 Å². The SMILES string of the molecule is CC[C@H](C)[C@@H](C)NC(=O)N[C@H](C)c1ccc(S(C)(=O)=O)c(F)c1. The molecule has 0 heterocycles. The highest BCUT2D eigenvalue weighted by Crippen LogP contribution is 2.20. The molecule has 130 valence electrons. The third kappa shape index (κ3) is 5.49. The van der Waals surface area contributed by atoms with Crippen LogP contribution in [0.3, 0.4) is 0 Å². The van der Waals surface area contributed by atoms with Crippen molar-refractivity contribution in [1.29, 1.82) is 0 Å². The summed E-state index contributed by atoms with van der Waals surface area (Å²) in [6, 6.07) is 3.11. The van der Waals surface area contributed by atoms with Crippen molar-refractivity contribution in [3.8, 4) is 0 Å². The van der Waals surface area contributed by atoms with Gasteiger partial charge < -0.3 is 10.6 Å². The normalized spacial score (nSPS) is 15.6. The first-order chi connectivity index (χ1) is 10.6. The fourth-order valence-corrected chi connectivity index (χ4v) is 2.84. The van der Waals surface area contributed by atoms with Crippen LogP contribution in [0, 0.1) is 11.7 Å². The van der Waals surface area contributed by atoms with Gasteiger partial charge in [-0.15, -0.1) is 0 Å². The topological polar surface area (TPSA) is 75.3 Å². The van der Waals surface area contributed by atoms with Crippen LogP contribution in [0.5, 0.6) is 0 Å². The summed E-state index contributed by atoms with van der Waals surface area (Å²) in [4.78, 5) is 11.6. The minimum Gasteiger partial charge on any atom is -0.335 e. The molecule has 7 heteroatoms. The molecule has 0 bridgehead atoms. The van der Waals surface area contributed by atoms with Gasteiger partial charge in [-0.3, -0.25) is 0 Å². The summed E-state index contributed by atoms with van der Waals surface area (Å²) in [6.45, 7) is 7.74. The van der Waals surface area contributed by atoms with Gasteiger partial charge in [0, 0.05) is 12.3 Å². The average Bonchev–Trinajstić information content (AvgIpc) is 2.44. The summed E-state index contributed by atoms with van der Waals surface area (Å²) in [6.07, 6.45) is 1.91. The minimum atomic E-state index is -3.60. The predicted octanol–water partition coefficient (Wildman–Crippen LogP) is 3.02. The molecule has 0 aliphatic rings. The van der Waals surface area contributed by atoms with Crippen molar-refractivity contribution in [2.75, 3.05) is 6.26 Å². The molecule has 0 radical (unpaired) electrons. The summed E-state index contributed by atoms with van der Waals surface area (Å²) in [7, 11) is -3.60. The van der Waals surface area contributed by atoms with E-state index < -0.39 is 21.7 Å². The van der Waals surface area contributed by atoms with E-state index >= 15 is 0 Å². The molecule has 0 aliphatic heterocycles. The van der Waals surface area contributed by atoms with Crippen molar-refractivity contribution < 1.29 is 17.6 Å². The van der Waals surface area contributed by atoms with Crippen molar-refractivity contribution in [2.24, 2.45) is 5.92 Å². The lowest BCUT2D eigenvalue weighted by Gasteiger charge is -2.22. The van der Waals surface area contributed by atoms with Crippen LogP contribution in [0.4, 0.5) is 9.18 Å². The maximum absolute atomic E-state index is 13.9. The smallest absolute Gasteiger partial charge is 0.315 e. The molecule has 0 fully saturated rings.